The number of nitriles is 1. The van der Waals surface area contributed by atoms with Crippen LogP contribution >= 0.6 is 0 Å². The van der Waals surface area contributed by atoms with Crippen LogP contribution < -0.4 is 5.32 Å². The van der Waals surface area contributed by atoms with Crippen molar-refractivity contribution in [2.45, 2.75) is 40.7 Å². The Hall–Kier alpha value is -2.55. The molecule has 1 aromatic heterocycles. The number of amides is 1. The topological polar surface area (TPSA) is 84.1 Å². The van der Waals surface area contributed by atoms with Crippen LogP contribution in [0.5, 0.6) is 0 Å². The van der Waals surface area contributed by atoms with Gasteiger partial charge in [-0.15, -0.1) is 0 Å². The van der Waals surface area contributed by atoms with E-state index in [1.807, 2.05) is 26.0 Å². The minimum Gasteiger partial charge on any atom is -0.451 e. The highest BCUT2D eigenvalue weighted by Crippen LogP contribution is 2.19. The van der Waals surface area contributed by atoms with Crippen molar-refractivity contribution < 1.29 is 14.3 Å². The van der Waals surface area contributed by atoms with Crippen LogP contribution in [0.1, 0.15) is 37.2 Å². The molecule has 0 aliphatic rings. The Morgan fingerprint density at radius 2 is 2.09 bits per heavy atom. The van der Waals surface area contributed by atoms with E-state index < -0.39 is 5.97 Å². The maximum Gasteiger partial charge on any atom is 0.349 e. The second-order valence-electron chi connectivity index (χ2n) is 5.18. The van der Waals surface area contributed by atoms with E-state index in [9.17, 15) is 14.9 Å². The average Bonchev–Trinajstić information content (AvgIpc) is 2.78. The number of nitrogens with one attached hydrogen (secondary N) is 1. The third kappa shape index (κ3) is 4.99. The summed E-state index contributed by atoms with van der Waals surface area (Å²) in [5.41, 5.74) is 2.76. The molecule has 0 saturated heterocycles. The Morgan fingerprint density at radius 1 is 1.39 bits per heavy atom. The van der Waals surface area contributed by atoms with Crippen LogP contribution in [0.3, 0.4) is 0 Å². The molecule has 1 heterocycles. The second-order valence-corrected chi connectivity index (χ2v) is 5.18. The van der Waals surface area contributed by atoms with Gasteiger partial charge in [-0.05, 0) is 44.9 Å². The summed E-state index contributed by atoms with van der Waals surface area (Å²) in [5.74, 6) is -1.18. The van der Waals surface area contributed by atoms with Crippen LogP contribution in [0.2, 0.25) is 0 Å². The highest BCUT2D eigenvalue weighted by Gasteiger charge is 2.15. The molecule has 124 valence electrons. The minimum absolute atomic E-state index is 0.119. The summed E-state index contributed by atoms with van der Waals surface area (Å²) >= 11 is 0. The molecule has 23 heavy (non-hydrogen) atoms. The Kier molecular flexibility index (Phi) is 7.07. The molecule has 6 heteroatoms. The second kappa shape index (κ2) is 8.79. The summed E-state index contributed by atoms with van der Waals surface area (Å²) in [6.45, 7) is 8.75. The van der Waals surface area contributed by atoms with E-state index in [1.54, 1.807) is 6.92 Å². The Labute approximate surface area is 136 Å². The lowest BCUT2D eigenvalue weighted by Crippen LogP contribution is -2.28. The lowest BCUT2D eigenvalue weighted by atomic mass is 10.1. The Morgan fingerprint density at radius 3 is 2.65 bits per heavy atom. The van der Waals surface area contributed by atoms with Gasteiger partial charge in [0.1, 0.15) is 11.6 Å². The SMILES string of the molecule is CCCn1c(C)cc(/C=C(/C#N)C(=O)OCC(=O)NCC)c1C. The Bertz CT molecular complexity index is 651. The third-order valence-electron chi connectivity index (χ3n) is 3.41. The lowest BCUT2D eigenvalue weighted by molar-refractivity contribution is -0.144. The van der Waals surface area contributed by atoms with Crippen LogP contribution in [0, 0.1) is 25.2 Å². The van der Waals surface area contributed by atoms with Crippen molar-refractivity contribution in [2.75, 3.05) is 13.2 Å². The summed E-state index contributed by atoms with van der Waals surface area (Å²) in [4.78, 5) is 23.2. The molecule has 0 unspecified atom stereocenters. The minimum atomic E-state index is -0.793. The quantitative estimate of drug-likeness (QED) is 0.474. The van der Waals surface area contributed by atoms with Crippen LogP contribution in [0.4, 0.5) is 0 Å². The molecule has 1 aromatic rings. The summed E-state index contributed by atoms with van der Waals surface area (Å²) in [5, 5.41) is 11.7. The smallest absolute Gasteiger partial charge is 0.349 e. The maximum absolute atomic E-state index is 11.9. The van der Waals surface area contributed by atoms with Gasteiger partial charge < -0.3 is 14.6 Å². The molecule has 0 bridgehead atoms. The molecule has 0 aliphatic carbocycles. The first-order valence-corrected chi connectivity index (χ1v) is 7.66. The van der Waals surface area contributed by atoms with Crippen molar-refractivity contribution in [1.82, 2.24) is 9.88 Å². The number of carbonyl (C=O) groups excluding carboxylic acids is 2. The summed E-state index contributed by atoms with van der Waals surface area (Å²) in [6, 6.07) is 3.77. The molecule has 0 aliphatic heterocycles. The largest absolute Gasteiger partial charge is 0.451 e. The van der Waals surface area contributed by atoms with Crippen molar-refractivity contribution in [3.05, 3.63) is 28.6 Å². The first-order valence-electron chi connectivity index (χ1n) is 7.66. The molecule has 0 atom stereocenters. The van der Waals surface area contributed by atoms with E-state index in [0.29, 0.717) is 6.54 Å². The van der Waals surface area contributed by atoms with Crippen LogP contribution in [0.25, 0.3) is 6.08 Å². The number of likely N-dealkylation sites (N-methyl/N-ethyl adjacent to an activating group) is 1. The van der Waals surface area contributed by atoms with Gasteiger partial charge in [0, 0.05) is 24.5 Å². The standard InChI is InChI=1S/C17H23N3O3/c1-5-7-20-12(3)8-14(13(20)4)9-15(10-18)17(22)23-11-16(21)19-6-2/h8-9H,5-7,11H2,1-4H3,(H,19,21)/b15-9-. The zero-order chi connectivity index (χ0) is 17.4. The number of aryl methyl sites for hydroxylation is 1. The molecule has 0 aromatic carbocycles. The van der Waals surface area contributed by atoms with Gasteiger partial charge in [-0.2, -0.15) is 5.26 Å². The van der Waals surface area contributed by atoms with E-state index in [1.165, 1.54) is 6.08 Å². The van der Waals surface area contributed by atoms with Gasteiger partial charge in [-0.25, -0.2) is 4.79 Å². The molecule has 1 rings (SSSR count). The van der Waals surface area contributed by atoms with E-state index in [-0.39, 0.29) is 18.1 Å². The maximum atomic E-state index is 11.9. The highest BCUT2D eigenvalue weighted by atomic mass is 16.5. The molecule has 1 amide bonds. The van der Waals surface area contributed by atoms with Gasteiger partial charge >= 0.3 is 5.97 Å². The van der Waals surface area contributed by atoms with Crippen molar-refractivity contribution in [2.24, 2.45) is 0 Å². The average molecular weight is 317 g/mol. The number of ether oxygens (including phenoxy) is 1. The van der Waals surface area contributed by atoms with Gasteiger partial charge in [-0.3, -0.25) is 4.79 Å². The predicted molar refractivity (Wildman–Crippen MR) is 87.4 cm³/mol. The predicted octanol–water partition coefficient (Wildman–Crippen LogP) is 2.10. The van der Waals surface area contributed by atoms with Crippen molar-refractivity contribution >= 4 is 18.0 Å². The fraction of sp³-hybridized carbons (Fsp3) is 0.471. The number of aromatic nitrogens is 1. The molecule has 0 spiro atoms. The van der Waals surface area contributed by atoms with Gasteiger partial charge in [0.05, 0.1) is 0 Å². The van der Waals surface area contributed by atoms with Gasteiger partial charge in [0.2, 0.25) is 0 Å². The summed E-state index contributed by atoms with van der Waals surface area (Å²) in [7, 11) is 0. The van der Waals surface area contributed by atoms with E-state index in [2.05, 4.69) is 16.8 Å². The molecule has 6 nitrogen and oxygen atoms in total. The molecule has 0 radical (unpaired) electrons. The van der Waals surface area contributed by atoms with E-state index in [0.717, 1.165) is 29.9 Å². The van der Waals surface area contributed by atoms with Gasteiger partial charge in [0.15, 0.2) is 6.61 Å². The van der Waals surface area contributed by atoms with Crippen LogP contribution in [-0.4, -0.2) is 29.6 Å². The van der Waals surface area contributed by atoms with Crippen molar-refractivity contribution in [1.29, 1.82) is 5.26 Å². The molecular weight excluding hydrogens is 294 g/mol. The number of esters is 1. The molecule has 0 saturated carbocycles. The monoisotopic (exact) mass is 317 g/mol. The normalized spacial score (nSPS) is 11.0. The number of hydrogen-bond acceptors (Lipinski definition) is 4. The zero-order valence-electron chi connectivity index (χ0n) is 14.1. The van der Waals surface area contributed by atoms with Crippen molar-refractivity contribution in [3.63, 3.8) is 0 Å². The highest BCUT2D eigenvalue weighted by molar-refractivity contribution is 5.99. The Balaban J connectivity index is 2.91. The summed E-state index contributed by atoms with van der Waals surface area (Å²) < 4.78 is 7.00. The fourth-order valence-electron chi connectivity index (χ4n) is 2.29. The van der Waals surface area contributed by atoms with E-state index >= 15 is 0 Å². The zero-order valence-corrected chi connectivity index (χ0v) is 14.1. The first-order chi connectivity index (χ1) is 10.9. The fourth-order valence-corrected chi connectivity index (χ4v) is 2.29. The lowest BCUT2D eigenvalue weighted by Gasteiger charge is -2.07. The summed E-state index contributed by atoms with van der Waals surface area (Å²) in [6.07, 6.45) is 2.51. The van der Waals surface area contributed by atoms with Gasteiger partial charge in [-0.1, -0.05) is 6.92 Å². The third-order valence-corrected chi connectivity index (χ3v) is 3.41. The number of hydrogen-bond donors (Lipinski definition) is 1. The molecular formula is C17H23N3O3. The molecule has 0 fully saturated rings. The number of rotatable bonds is 7. The van der Waals surface area contributed by atoms with E-state index in [4.69, 9.17) is 4.74 Å². The van der Waals surface area contributed by atoms with Crippen LogP contribution in [-0.2, 0) is 20.9 Å². The van der Waals surface area contributed by atoms with Crippen LogP contribution in [0.15, 0.2) is 11.6 Å². The first kappa shape index (κ1) is 18.5. The van der Waals surface area contributed by atoms with Crippen molar-refractivity contribution in [3.8, 4) is 6.07 Å². The molecule has 1 N–H and O–H groups in total. The van der Waals surface area contributed by atoms with Gasteiger partial charge in [0.25, 0.3) is 5.91 Å². The number of carbonyl (C=O) groups is 2. The number of nitrogens with zero attached hydrogens (tertiary/aromatic N) is 2.